The molecule has 0 aromatic carbocycles. The fourth-order valence-electron chi connectivity index (χ4n) is 0.878. The van der Waals surface area contributed by atoms with Gasteiger partial charge in [0.1, 0.15) is 5.60 Å². The number of hydroxylamine groups is 1. The highest BCUT2D eigenvalue weighted by Gasteiger charge is 2.22. The number of pyridine rings is 1. The van der Waals surface area contributed by atoms with Crippen molar-refractivity contribution in [3.05, 3.63) is 24.4 Å². The van der Waals surface area contributed by atoms with Crippen LogP contribution < -0.4 is 5.06 Å². The highest BCUT2D eigenvalue weighted by Crippen LogP contribution is 2.13. The van der Waals surface area contributed by atoms with E-state index in [1.807, 2.05) is 0 Å². The van der Waals surface area contributed by atoms with E-state index in [9.17, 15) is 10.0 Å². The van der Waals surface area contributed by atoms with Crippen LogP contribution in [0.5, 0.6) is 0 Å². The maximum atomic E-state index is 11.4. The standard InChI is InChI=1S/C10H14N2O3/c1-10(2,3)15-9(13)12(14)8-6-4-5-7-11-8/h4-7,14H,1-3H3. The van der Waals surface area contributed by atoms with Gasteiger partial charge >= 0.3 is 6.09 Å². The molecule has 0 aliphatic carbocycles. The van der Waals surface area contributed by atoms with Gasteiger partial charge in [0, 0.05) is 6.20 Å². The van der Waals surface area contributed by atoms with Crippen LogP contribution in [0, 0.1) is 0 Å². The Morgan fingerprint density at radius 1 is 1.47 bits per heavy atom. The van der Waals surface area contributed by atoms with Gasteiger partial charge in [-0.15, -0.1) is 5.06 Å². The monoisotopic (exact) mass is 210 g/mol. The third-order valence-electron chi connectivity index (χ3n) is 1.43. The van der Waals surface area contributed by atoms with Gasteiger partial charge < -0.3 is 4.74 Å². The lowest BCUT2D eigenvalue weighted by molar-refractivity contribution is 0.0403. The van der Waals surface area contributed by atoms with Crippen molar-refractivity contribution < 1.29 is 14.7 Å². The highest BCUT2D eigenvalue weighted by molar-refractivity contribution is 5.83. The van der Waals surface area contributed by atoms with Gasteiger partial charge in [-0.3, -0.25) is 5.21 Å². The Kier molecular flexibility index (Phi) is 3.26. The Balaban J connectivity index is 2.70. The number of anilines is 1. The quantitative estimate of drug-likeness (QED) is 0.570. The second-order valence-corrected chi connectivity index (χ2v) is 3.98. The molecule has 0 spiro atoms. The van der Waals surface area contributed by atoms with Crippen molar-refractivity contribution in [2.24, 2.45) is 0 Å². The van der Waals surface area contributed by atoms with Crippen LogP contribution in [0.25, 0.3) is 0 Å². The molecule has 5 nitrogen and oxygen atoms in total. The average molecular weight is 210 g/mol. The smallest absolute Gasteiger partial charge is 0.440 e. The number of nitrogens with zero attached hydrogens (tertiary/aromatic N) is 2. The van der Waals surface area contributed by atoms with E-state index in [4.69, 9.17) is 4.74 Å². The van der Waals surface area contributed by atoms with Crippen molar-refractivity contribution in [2.75, 3.05) is 5.06 Å². The zero-order valence-electron chi connectivity index (χ0n) is 8.97. The number of carbonyl (C=O) groups is 1. The van der Waals surface area contributed by atoms with Crippen molar-refractivity contribution in [1.82, 2.24) is 4.98 Å². The molecule has 82 valence electrons. The van der Waals surface area contributed by atoms with Crippen LogP contribution in [0.15, 0.2) is 24.4 Å². The molecular weight excluding hydrogens is 196 g/mol. The summed E-state index contributed by atoms with van der Waals surface area (Å²) in [5.74, 6) is 0.131. The minimum atomic E-state index is -0.846. The van der Waals surface area contributed by atoms with Crippen molar-refractivity contribution in [3.8, 4) is 0 Å². The molecule has 1 aromatic rings. The minimum absolute atomic E-state index is 0.131. The lowest BCUT2D eigenvalue weighted by atomic mass is 10.2. The lowest BCUT2D eigenvalue weighted by Crippen LogP contribution is -2.34. The third kappa shape index (κ3) is 3.55. The zero-order valence-corrected chi connectivity index (χ0v) is 8.97. The first kappa shape index (κ1) is 11.5. The Labute approximate surface area is 88.3 Å². The van der Waals surface area contributed by atoms with Gasteiger partial charge in [-0.1, -0.05) is 6.07 Å². The first-order valence-corrected chi connectivity index (χ1v) is 4.53. The number of hydrogen-bond acceptors (Lipinski definition) is 4. The van der Waals surface area contributed by atoms with Gasteiger partial charge in [0.25, 0.3) is 0 Å². The second-order valence-electron chi connectivity index (χ2n) is 3.98. The summed E-state index contributed by atoms with van der Waals surface area (Å²) in [5, 5.41) is 9.83. The van der Waals surface area contributed by atoms with E-state index in [1.54, 1.807) is 32.9 Å². The molecular formula is C10H14N2O3. The molecule has 0 fully saturated rings. The molecule has 0 unspecified atom stereocenters. The summed E-state index contributed by atoms with van der Waals surface area (Å²) in [7, 11) is 0. The first-order valence-electron chi connectivity index (χ1n) is 4.53. The summed E-state index contributed by atoms with van der Waals surface area (Å²) in [6, 6.07) is 4.85. The van der Waals surface area contributed by atoms with E-state index in [2.05, 4.69) is 4.98 Å². The van der Waals surface area contributed by atoms with E-state index >= 15 is 0 Å². The van der Waals surface area contributed by atoms with Crippen molar-refractivity contribution in [1.29, 1.82) is 0 Å². The molecule has 1 aromatic heterocycles. The Bertz CT molecular complexity index is 332. The van der Waals surface area contributed by atoms with E-state index in [1.165, 1.54) is 12.3 Å². The fraction of sp³-hybridized carbons (Fsp3) is 0.400. The number of ether oxygens (including phenoxy) is 1. The molecule has 5 heteroatoms. The molecule has 1 N–H and O–H groups in total. The molecule has 0 atom stereocenters. The maximum Gasteiger partial charge on any atom is 0.440 e. The minimum Gasteiger partial charge on any atom is -0.442 e. The number of rotatable bonds is 1. The van der Waals surface area contributed by atoms with Crippen LogP contribution in [0.3, 0.4) is 0 Å². The third-order valence-corrected chi connectivity index (χ3v) is 1.43. The van der Waals surface area contributed by atoms with Crippen LogP contribution in [-0.4, -0.2) is 21.9 Å². The summed E-state index contributed by atoms with van der Waals surface area (Å²) in [4.78, 5) is 15.2. The van der Waals surface area contributed by atoms with E-state index < -0.39 is 11.7 Å². The first-order chi connectivity index (χ1) is 6.90. The predicted molar refractivity (Wildman–Crippen MR) is 54.7 cm³/mol. The van der Waals surface area contributed by atoms with Crippen molar-refractivity contribution in [3.63, 3.8) is 0 Å². The predicted octanol–water partition coefficient (Wildman–Crippen LogP) is 2.21. The van der Waals surface area contributed by atoms with Crippen molar-refractivity contribution >= 4 is 11.9 Å². The molecule has 0 aliphatic heterocycles. The van der Waals surface area contributed by atoms with Crippen LogP contribution in [0.1, 0.15) is 20.8 Å². The fourth-order valence-corrected chi connectivity index (χ4v) is 0.878. The van der Waals surface area contributed by atoms with E-state index in [0.29, 0.717) is 5.06 Å². The van der Waals surface area contributed by atoms with Crippen LogP contribution in [-0.2, 0) is 4.74 Å². The number of hydrogen-bond donors (Lipinski definition) is 1. The topological polar surface area (TPSA) is 62.7 Å². The van der Waals surface area contributed by atoms with Gasteiger partial charge in [-0.2, -0.15) is 0 Å². The Hall–Kier alpha value is -1.62. The molecule has 1 heterocycles. The van der Waals surface area contributed by atoms with E-state index in [0.717, 1.165) is 0 Å². The van der Waals surface area contributed by atoms with Gasteiger partial charge in [-0.05, 0) is 32.9 Å². The molecule has 0 saturated carbocycles. The van der Waals surface area contributed by atoms with Crippen LogP contribution in [0.2, 0.25) is 0 Å². The van der Waals surface area contributed by atoms with Crippen LogP contribution in [0.4, 0.5) is 10.6 Å². The molecule has 1 rings (SSSR count). The normalized spacial score (nSPS) is 10.9. The van der Waals surface area contributed by atoms with Gasteiger partial charge in [-0.25, -0.2) is 9.78 Å². The molecule has 0 aliphatic rings. The largest absolute Gasteiger partial charge is 0.442 e. The highest BCUT2D eigenvalue weighted by atomic mass is 16.6. The average Bonchev–Trinajstić information content (AvgIpc) is 2.15. The summed E-state index contributed by atoms with van der Waals surface area (Å²) >= 11 is 0. The molecule has 1 amide bonds. The Morgan fingerprint density at radius 2 is 2.13 bits per heavy atom. The number of aromatic nitrogens is 1. The van der Waals surface area contributed by atoms with Gasteiger partial charge in [0.15, 0.2) is 5.82 Å². The van der Waals surface area contributed by atoms with E-state index in [-0.39, 0.29) is 5.82 Å². The van der Waals surface area contributed by atoms with Crippen molar-refractivity contribution in [2.45, 2.75) is 26.4 Å². The van der Waals surface area contributed by atoms with Gasteiger partial charge in [0.2, 0.25) is 0 Å². The van der Waals surface area contributed by atoms with Crippen LogP contribution >= 0.6 is 0 Å². The molecule has 0 bridgehead atoms. The molecule has 0 radical (unpaired) electrons. The SMILES string of the molecule is CC(C)(C)OC(=O)N(O)c1ccccn1. The Morgan fingerprint density at radius 3 is 2.60 bits per heavy atom. The summed E-state index contributed by atoms with van der Waals surface area (Å²) in [6.45, 7) is 5.16. The summed E-state index contributed by atoms with van der Waals surface area (Å²) in [5.41, 5.74) is -0.646. The number of amides is 1. The van der Waals surface area contributed by atoms with Gasteiger partial charge in [0.05, 0.1) is 0 Å². The summed E-state index contributed by atoms with van der Waals surface area (Å²) < 4.78 is 4.95. The lowest BCUT2D eigenvalue weighted by Gasteiger charge is -2.22. The second kappa shape index (κ2) is 4.27. The maximum absolute atomic E-state index is 11.4. The zero-order chi connectivity index (χ0) is 11.5. The number of carbonyl (C=O) groups excluding carboxylic acids is 1. The molecule has 0 saturated heterocycles. The summed E-state index contributed by atoms with van der Waals surface area (Å²) in [6.07, 6.45) is 0.629. The molecule has 15 heavy (non-hydrogen) atoms.